The third-order valence-electron chi connectivity index (χ3n) is 4.18. The van der Waals surface area contributed by atoms with Crippen molar-refractivity contribution in [3.63, 3.8) is 0 Å². The number of pyridine rings is 1. The van der Waals surface area contributed by atoms with E-state index in [9.17, 15) is 4.39 Å². The molecule has 0 bridgehead atoms. The van der Waals surface area contributed by atoms with Gasteiger partial charge < -0.3 is 10.6 Å². The molecule has 4 heteroatoms. The average Bonchev–Trinajstić information content (AvgIpc) is 2.64. The number of benzene rings is 1. The molecule has 0 aliphatic carbocycles. The Morgan fingerprint density at radius 2 is 2.20 bits per heavy atom. The van der Waals surface area contributed by atoms with E-state index in [0.717, 1.165) is 31.3 Å². The fourth-order valence-corrected chi connectivity index (χ4v) is 3.01. The number of rotatable bonds is 1. The summed E-state index contributed by atoms with van der Waals surface area (Å²) < 4.78 is 14.4. The van der Waals surface area contributed by atoms with Crippen LogP contribution in [0.2, 0.25) is 0 Å². The van der Waals surface area contributed by atoms with E-state index in [0.29, 0.717) is 22.8 Å². The number of nitrogen functional groups attached to an aromatic ring is 1. The van der Waals surface area contributed by atoms with Crippen LogP contribution >= 0.6 is 0 Å². The van der Waals surface area contributed by atoms with Gasteiger partial charge in [-0.3, -0.25) is 4.98 Å². The highest BCUT2D eigenvalue weighted by Crippen LogP contribution is 2.34. The molecule has 2 heterocycles. The highest BCUT2D eigenvalue weighted by atomic mass is 19.1. The number of fused-ring (bicyclic) bond motifs is 1. The Balaban J connectivity index is 2.10. The number of nitrogens with zero attached hydrogens (tertiary/aromatic N) is 2. The van der Waals surface area contributed by atoms with E-state index in [1.165, 1.54) is 12.5 Å². The summed E-state index contributed by atoms with van der Waals surface area (Å²) in [6, 6.07) is 5.17. The topological polar surface area (TPSA) is 42.1 Å². The molecule has 0 amide bonds. The van der Waals surface area contributed by atoms with Gasteiger partial charge >= 0.3 is 0 Å². The van der Waals surface area contributed by atoms with Gasteiger partial charge in [-0.25, -0.2) is 4.39 Å². The second-order valence-corrected chi connectivity index (χ2v) is 5.72. The van der Waals surface area contributed by atoms with Crippen molar-refractivity contribution in [1.82, 2.24) is 4.98 Å². The van der Waals surface area contributed by atoms with E-state index in [2.05, 4.69) is 16.8 Å². The normalized spacial score (nSPS) is 20.1. The molecule has 0 radical (unpaired) electrons. The van der Waals surface area contributed by atoms with Crippen LogP contribution in [0.25, 0.3) is 10.9 Å². The molecule has 1 aromatic heterocycles. The maximum Gasteiger partial charge on any atom is 0.150 e. The Hall–Kier alpha value is -1.84. The van der Waals surface area contributed by atoms with E-state index in [1.807, 2.05) is 12.1 Å². The molecule has 0 saturated carbocycles. The van der Waals surface area contributed by atoms with Crippen molar-refractivity contribution in [2.75, 3.05) is 23.7 Å². The molecule has 1 atom stereocenters. The molecular weight excluding hydrogens is 253 g/mol. The minimum Gasteiger partial charge on any atom is -0.398 e. The Labute approximate surface area is 118 Å². The molecular formula is C16H20FN3. The van der Waals surface area contributed by atoms with Crippen LogP contribution in [-0.2, 0) is 0 Å². The summed E-state index contributed by atoms with van der Waals surface area (Å²) in [5, 5.41) is 0.834. The maximum absolute atomic E-state index is 14.4. The van der Waals surface area contributed by atoms with Crippen LogP contribution in [0.3, 0.4) is 0 Å². The number of hydrogen-bond acceptors (Lipinski definition) is 3. The minimum atomic E-state index is -0.261. The molecule has 1 saturated heterocycles. The van der Waals surface area contributed by atoms with Crippen LogP contribution < -0.4 is 10.6 Å². The SMILES string of the molecule is CC1CCCN(c2c(F)cc(N)c3cccnc23)CC1. The van der Waals surface area contributed by atoms with Crippen molar-refractivity contribution in [3.8, 4) is 0 Å². The predicted molar refractivity (Wildman–Crippen MR) is 81.3 cm³/mol. The molecule has 1 fully saturated rings. The first-order valence-electron chi connectivity index (χ1n) is 7.24. The molecule has 106 valence electrons. The average molecular weight is 273 g/mol. The van der Waals surface area contributed by atoms with Gasteiger partial charge in [-0.1, -0.05) is 6.92 Å². The zero-order chi connectivity index (χ0) is 14.1. The lowest BCUT2D eigenvalue weighted by molar-refractivity contribution is 0.520. The van der Waals surface area contributed by atoms with E-state index < -0.39 is 0 Å². The quantitative estimate of drug-likeness (QED) is 0.807. The summed E-state index contributed by atoms with van der Waals surface area (Å²) in [5.74, 6) is 0.444. The monoisotopic (exact) mass is 273 g/mol. The summed E-state index contributed by atoms with van der Waals surface area (Å²) >= 11 is 0. The van der Waals surface area contributed by atoms with Crippen LogP contribution in [0.5, 0.6) is 0 Å². The number of halogens is 1. The summed E-state index contributed by atoms with van der Waals surface area (Å²) in [4.78, 5) is 6.50. The van der Waals surface area contributed by atoms with Gasteiger partial charge in [0, 0.05) is 30.4 Å². The van der Waals surface area contributed by atoms with Crippen molar-refractivity contribution in [2.45, 2.75) is 26.2 Å². The highest BCUT2D eigenvalue weighted by Gasteiger charge is 2.21. The summed E-state index contributed by atoms with van der Waals surface area (Å²) in [5.41, 5.74) is 7.66. The summed E-state index contributed by atoms with van der Waals surface area (Å²) in [6.07, 6.45) is 5.10. The Kier molecular flexibility index (Phi) is 3.47. The van der Waals surface area contributed by atoms with Crippen molar-refractivity contribution < 1.29 is 4.39 Å². The first-order valence-corrected chi connectivity index (χ1v) is 7.24. The lowest BCUT2D eigenvalue weighted by atomic mass is 10.0. The lowest BCUT2D eigenvalue weighted by Gasteiger charge is -2.24. The summed E-state index contributed by atoms with van der Waals surface area (Å²) in [7, 11) is 0. The third kappa shape index (κ3) is 2.30. The number of aromatic nitrogens is 1. The Morgan fingerprint density at radius 1 is 1.35 bits per heavy atom. The van der Waals surface area contributed by atoms with Crippen LogP contribution in [0.1, 0.15) is 26.2 Å². The zero-order valence-corrected chi connectivity index (χ0v) is 11.8. The van der Waals surface area contributed by atoms with Crippen LogP contribution in [0.15, 0.2) is 24.4 Å². The smallest absolute Gasteiger partial charge is 0.150 e. The van der Waals surface area contributed by atoms with E-state index >= 15 is 0 Å². The molecule has 0 spiro atoms. The second kappa shape index (κ2) is 5.27. The standard InChI is InChI=1S/C16H20FN3/c1-11-4-3-8-20(9-6-11)16-13(17)10-14(18)12-5-2-7-19-15(12)16/h2,5,7,10-11H,3-4,6,8-9,18H2,1H3. The van der Waals surface area contributed by atoms with Gasteiger partial charge in [0.25, 0.3) is 0 Å². The number of nitrogens with two attached hydrogens (primary N) is 1. The van der Waals surface area contributed by atoms with Crippen LogP contribution in [0, 0.1) is 11.7 Å². The molecule has 3 nitrogen and oxygen atoms in total. The molecule has 1 aliphatic rings. The molecule has 1 aliphatic heterocycles. The molecule has 1 aromatic carbocycles. The van der Waals surface area contributed by atoms with Crippen molar-refractivity contribution >= 4 is 22.3 Å². The Bertz CT molecular complexity index is 626. The molecule has 20 heavy (non-hydrogen) atoms. The molecule has 2 aromatic rings. The molecule has 3 rings (SSSR count). The van der Waals surface area contributed by atoms with Crippen molar-refractivity contribution in [3.05, 3.63) is 30.2 Å². The van der Waals surface area contributed by atoms with Gasteiger partial charge in [-0.2, -0.15) is 0 Å². The van der Waals surface area contributed by atoms with Crippen molar-refractivity contribution in [1.29, 1.82) is 0 Å². The van der Waals surface area contributed by atoms with Gasteiger partial charge in [-0.15, -0.1) is 0 Å². The van der Waals surface area contributed by atoms with Gasteiger partial charge in [0.15, 0.2) is 5.82 Å². The maximum atomic E-state index is 14.4. The van der Waals surface area contributed by atoms with E-state index in [-0.39, 0.29) is 5.82 Å². The van der Waals surface area contributed by atoms with Crippen LogP contribution in [-0.4, -0.2) is 18.1 Å². The number of anilines is 2. The Morgan fingerprint density at radius 3 is 3.05 bits per heavy atom. The lowest BCUT2D eigenvalue weighted by Crippen LogP contribution is -2.25. The highest BCUT2D eigenvalue weighted by molar-refractivity contribution is 5.98. The fourth-order valence-electron chi connectivity index (χ4n) is 3.01. The van der Waals surface area contributed by atoms with Crippen molar-refractivity contribution in [2.24, 2.45) is 5.92 Å². The number of hydrogen-bond donors (Lipinski definition) is 1. The van der Waals surface area contributed by atoms with Gasteiger partial charge in [0.05, 0.1) is 11.2 Å². The summed E-state index contributed by atoms with van der Waals surface area (Å²) in [6.45, 7) is 4.03. The van der Waals surface area contributed by atoms with Gasteiger partial charge in [0.2, 0.25) is 0 Å². The van der Waals surface area contributed by atoms with E-state index in [4.69, 9.17) is 5.73 Å². The zero-order valence-electron chi connectivity index (χ0n) is 11.8. The third-order valence-corrected chi connectivity index (χ3v) is 4.18. The largest absolute Gasteiger partial charge is 0.398 e. The molecule has 2 N–H and O–H groups in total. The first-order chi connectivity index (χ1) is 9.66. The first kappa shape index (κ1) is 13.2. The van der Waals surface area contributed by atoms with Crippen LogP contribution in [0.4, 0.5) is 15.8 Å². The molecule has 1 unspecified atom stereocenters. The van der Waals surface area contributed by atoms with Gasteiger partial charge in [0.1, 0.15) is 0 Å². The predicted octanol–water partition coefficient (Wildman–Crippen LogP) is 3.58. The van der Waals surface area contributed by atoms with E-state index in [1.54, 1.807) is 6.20 Å². The minimum absolute atomic E-state index is 0.261. The van der Waals surface area contributed by atoms with Gasteiger partial charge in [-0.05, 0) is 43.4 Å². The fraction of sp³-hybridized carbons (Fsp3) is 0.438. The second-order valence-electron chi connectivity index (χ2n) is 5.72.